The molecule has 3 aliphatic rings. The molecule has 25 rings (SSSR count). The topological polar surface area (TPSA) is 6.48 Å². The van der Waals surface area contributed by atoms with Gasteiger partial charge in [0.1, 0.15) is 0 Å². The summed E-state index contributed by atoms with van der Waals surface area (Å²) in [5, 5.41) is 14.4. The fourth-order valence-electron chi connectivity index (χ4n) is 21.9. The zero-order chi connectivity index (χ0) is 82.2. The zero-order valence-electron chi connectivity index (χ0n) is 68.7. The fourth-order valence-corrected chi connectivity index (χ4v) is 21.9. The van der Waals surface area contributed by atoms with Gasteiger partial charge in [-0.2, -0.15) is 0 Å². The lowest BCUT2D eigenvalue weighted by Gasteiger charge is -2.34. The lowest BCUT2D eigenvalue weighted by atomic mass is 9.70. The molecular weight excluding hydrogens is 1510 g/mol. The Hall–Kier alpha value is -16.0. The molecule has 3 aliphatic carbocycles. The minimum absolute atomic E-state index is 0.549. The Morgan fingerprint density at radius 3 is 1.03 bits per heavy atom. The van der Waals surface area contributed by atoms with E-state index in [0.717, 1.165) is 74.8 Å². The predicted molar refractivity (Wildman–Crippen MR) is 527 cm³/mol. The average Bonchev–Trinajstić information content (AvgIpc) is 1.50. The summed E-state index contributed by atoms with van der Waals surface area (Å²) < 4.78 is 0. The third kappa shape index (κ3) is 11.4. The first kappa shape index (κ1) is 71.9. The van der Waals surface area contributed by atoms with Gasteiger partial charge in [0, 0.05) is 44.6 Å². The van der Waals surface area contributed by atoms with Crippen LogP contribution in [0.4, 0.5) is 34.1 Å². The molecule has 22 aromatic rings. The Morgan fingerprint density at radius 1 is 0.160 bits per heavy atom. The molecule has 582 valence electrons. The van der Waals surface area contributed by atoms with E-state index in [9.17, 15) is 0 Å². The molecule has 0 aromatic heterocycles. The van der Waals surface area contributed by atoms with Gasteiger partial charge in [0.2, 0.25) is 0 Å². The highest BCUT2D eigenvalue weighted by Gasteiger charge is 2.52. The minimum atomic E-state index is -0.549. The normalized spacial score (nSPS) is 12.6. The van der Waals surface area contributed by atoms with E-state index in [1.54, 1.807) is 0 Å². The summed E-state index contributed by atoms with van der Waals surface area (Å²) >= 11 is 0. The van der Waals surface area contributed by atoms with E-state index in [4.69, 9.17) is 0 Å². The number of benzene rings is 22. The first-order chi connectivity index (χ1) is 62.0. The standard InChI is InChI=1S/C123H80N2/c1-2-29-79(30-3-1)84-36-26-38-92(76-84)125(94-69-72-108-107-49-22-25-58-117(107)123(118(108)78-94)115-56-23-20-47-105(115)106-48-21-24-57-116(106)123)122-114-53-19-15-46-104(114)102-44-13-17-51-112(102)120(122)110-55-28-37-89-73-85(65-70-99(89)110)82-61-59-80(60-62-82)81-63-66-91(67-64-81)124(121-113-52-18-14-45-103(113)101-43-12-16-50-111(101)119(121)109-54-27-35-83-31-4-8-39-95(83)109)93-68-71-100-90(77-93)75-88-34-7-10-41-97(88)96-40-9-5-32-86(96)74-87-33-6-11-42-98(87)100/h1-73,76-78H,74-75H2. The quantitative estimate of drug-likeness (QED) is 0.119. The summed E-state index contributed by atoms with van der Waals surface area (Å²) in [7, 11) is 0. The first-order valence-corrected chi connectivity index (χ1v) is 43.7. The van der Waals surface area contributed by atoms with Crippen LogP contribution < -0.4 is 9.80 Å². The van der Waals surface area contributed by atoms with Crippen LogP contribution >= 0.6 is 0 Å². The summed E-state index contributed by atoms with van der Waals surface area (Å²) in [6, 6.07) is 174. The van der Waals surface area contributed by atoms with Gasteiger partial charge in [-0.25, -0.2) is 0 Å². The Morgan fingerprint density at radius 2 is 0.480 bits per heavy atom. The van der Waals surface area contributed by atoms with Crippen LogP contribution in [0.1, 0.15) is 44.5 Å². The third-order valence-corrected chi connectivity index (χ3v) is 27.3. The summed E-state index contributed by atoms with van der Waals surface area (Å²) in [5.41, 5.74) is 38.4. The molecule has 0 amide bonds. The van der Waals surface area contributed by atoms with E-state index >= 15 is 0 Å². The largest absolute Gasteiger partial charge is 0.309 e. The zero-order valence-corrected chi connectivity index (χ0v) is 68.7. The second-order valence-electron chi connectivity index (χ2n) is 33.9. The molecule has 2 heteroatoms. The molecule has 0 heterocycles. The maximum atomic E-state index is 2.60. The molecule has 0 N–H and O–H groups in total. The number of nitrogens with zero attached hydrogens (tertiary/aromatic N) is 2. The molecule has 0 unspecified atom stereocenters. The number of rotatable bonds is 11. The molecule has 0 atom stereocenters. The van der Waals surface area contributed by atoms with E-state index in [2.05, 4.69) is 471 Å². The van der Waals surface area contributed by atoms with Gasteiger partial charge in [0.25, 0.3) is 0 Å². The van der Waals surface area contributed by atoms with Crippen LogP contribution in [0.15, 0.2) is 461 Å². The highest BCUT2D eigenvalue weighted by atomic mass is 15.2. The predicted octanol–water partition coefficient (Wildman–Crippen LogP) is 33.1. The molecule has 22 aromatic carbocycles. The molecular formula is C123H80N2. The molecule has 0 bridgehead atoms. The monoisotopic (exact) mass is 1580 g/mol. The number of fused-ring (bicyclic) bond motifs is 24. The summed E-state index contributed by atoms with van der Waals surface area (Å²) in [6.45, 7) is 0. The van der Waals surface area contributed by atoms with Gasteiger partial charge in [-0.05, 0) is 255 Å². The van der Waals surface area contributed by atoms with Crippen LogP contribution in [0.5, 0.6) is 0 Å². The van der Waals surface area contributed by atoms with Gasteiger partial charge in [-0.3, -0.25) is 0 Å². The van der Waals surface area contributed by atoms with E-state index in [-0.39, 0.29) is 0 Å². The van der Waals surface area contributed by atoms with Crippen molar-refractivity contribution in [1.82, 2.24) is 0 Å². The minimum Gasteiger partial charge on any atom is -0.309 e. The van der Waals surface area contributed by atoms with E-state index in [1.807, 2.05) is 0 Å². The van der Waals surface area contributed by atoms with Crippen molar-refractivity contribution in [3.05, 3.63) is 506 Å². The molecule has 2 nitrogen and oxygen atoms in total. The number of hydrogen-bond acceptors (Lipinski definition) is 2. The van der Waals surface area contributed by atoms with Crippen molar-refractivity contribution in [3.8, 4) is 100 Å². The Labute approximate surface area is 727 Å². The lowest BCUT2D eigenvalue weighted by Crippen LogP contribution is -2.26. The summed E-state index contributed by atoms with van der Waals surface area (Å²) in [4.78, 5) is 5.18. The average molecular weight is 1590 g/mol. The highest BCUT2D eigenvalue weighted by Crippen LogP contribution is 2.64. The molecule has 0 aliphatic heterocycles. The SMILES string of the molecule is c1ccc(-c2cccc(N(c3ccc4c(c3)C3(c5ccccc5-c5ccccc53)c3ccccc3-4)c3c(-c4cccc5cc(-c6ccc(-c7ccc(N(c8ccc9c(c8)Cc8ccccc8-c8ccccc8Cc8ccccc8-9)c8c(-c9cccc%10ccccc9%10)c9ccccc9c9ccccc89)cc7)cc6)ccc45)c4ccccc4c4ccccc34)c2)cc1. The highest BCUT2D eigenvalue weighted by molar-refractivity contribution is 6.26. The molecule has 0 saturated carbocycles. The molecule has 0 saturated heterocycles. The van der Waals surface area contributed by atoms with Crippen LogP contribution in [0.2, 0.25) is 0 Å². The Balaban J connectivity index is 0.629. The van der Waals surface area contributed by atoms with Crippen molar-refractivity contribution < 1.29 is 0 Å². The van der Waals surface area contributed by atoms with Crippen molar-refractivity contribution in [1.29, 1.82) is 0 Å². The van der Waals surface area contributed by atoms with Crippen LogP contribution in [-0.2, 0) is 18.3 Å². The number of anilines is 6. The van der Waals surface area contributed by atoms with Crippen LogP contribution in [-0.4, -0.2) is 0 Å². The van der Waals surface area contributed by atoms with Gasteiger partial charge in [0.05, 0.1) is 16.8 Å². The van der Waals surface area contributed by atoms with E-state index in [0.29, 0.717) is 0 Å². The lowest BCUT2D eigenvalue weighted by molar-refractivity contribution is 0.793. The van der Waals surface area contributed by atoms with Crippen molar-refractivity contribution in [2.75, 3.05) is 9.80 Å². The van der Waals surface area contributed by atoms with Crippen molar-refractivity contribution in [3.63, 3.8) is 0 Å². The molecule has 125 heavy (non-hydrogen) atoms. The van der Waals surface area contributed by atoms with Crippen LogP contribution in [0.3, 0.4) is 0 Å². The van der Waals surface area contributed by atoms with Crippen LogP contribution in [0, 0.1) is 0 Å². The van der Waals surface area contributed by atoms with E-state index < -0.39 is 5.41 Å². The fraction of sp³-hybridized carbons (Fsp3) is 0.0244. The second-order valence-corrected chi connectivity index (χ2v) is 33.9. The van der Waals surface area contributed by atoms with E-state index in [1.165, 1.54) is 181 Å². The Kier molecular flexibility index (Phi) is 16.8. The number of hydrogen-bond donors (Lipinski definition) is 0. The maximum Gasteiger partial charge on any atom is 0.0726 e. The van der Waals surface area contributed by atoms with Crippen molar-refractivity contribution in [2.45, 2.75) is 18.3 Å². The third-order valence-electron chi connectivity index (χ3n) is 27.3. The van der Waals surface area contributed by atoms with Gasteiger partial charge >= 0.3 is 0 Å². The van der Waals surface area contributed by atoms with Gasteiger partial charge < -0.3 is 9.80 Å². The second kappa shape index (κ2) is 29.1. The summed E-state index contributed by atoms with van der Waals surface area (Å²) in [6.07, 6.45) is 1.57. The van der Waals surface area contributed by atoms with Crippen molar-refractivity contribution >= 4 is 98.8 Å². The summed E-state index contributed by atoms with van der Waals surface area (Å²) in [5.74, 6) is 0. The van der Waals surface area contributed by atoms with Crippen LogP contribution in [0.25, 0.3) is 165 Å². The van der Waals surface area contributed by atoms with Gasteiger partial charge in [-0.1, -0.05) is 406 Å². The Bertz CT molecular complexity index is 8100. The maximum absolute atomic E-state index is 2.60. The van der Waals surface area contributed by atoms with Gasteiger partial charge in [0.15, 0.2) is 0 Å². The molecule has 0 radical (unpaired) electrons. The first-order valence-electron chi connectivity index (χ1n) is 43.7. The van der Waals surface area contributed by atoms with Gasteiger partial charge in [-0.15, -0.1) is 0 Å². The molecule has 1 spiro atoms. The smallest absolute Gasteiger partial charge is 0.0726 e. The molecule has 0 fully saturated rings. The van der Waals surface area contributed by atoms with Crippen molar-refractivity contribution in [2.24, 2.45) is 0 Å².